The summed E-state index contributed by atoms with van der Waals surface area (Å²) in [7, 11) is 0. The predicted molar refractivity (Wildman–Crippen MR) is 71.0 cm³/mol. The third kappa shape index (κ3) is 5.65. The van der Waals surface area contributed by atoms with Gasteiger partial charge >= 0.3 is 0 Å². The van der Waals surface area contributed by atoms with Crippen molar-refractivity contribution in [2.24, 2.45) is 11.7 Å². The number of halogens is 1. The van der Waals surface area contributed by atoms with Crippen molar-refractivity contribution in [2.75, 3.05) is 6.54 Å². The Hall–Kier alpha value is -1.13. The molecule has 0 saturated carbocycles. The molecule has 0 aromatic carbocycles. The number of aromatic nitrogens is 1. The predicted octanol–water partition coefficient (Wildman–Crippen LogP) is 1.15. The third-order valence-electron chi connectivity index (χ3n) is 2.46. The number of carbonyl (C=O) groups excluding carboxylic acids is 1. The molecule has 0 aliphatic rings. The first-order chi connectivity index (χ1) is 7.61. The van der Waals surface area contributed by atoms with Crippen LogP contribution < -0.4 is 11.1 Å². The summed E-state index contributed by atoms with van der Waals surface area (Å²) in [5.74, 6) is 0.0808. The van der Waals surface area contributed by atoms with E-state index in [0.29, 0.717) is 6.54 Å². The number of nitrogens with two attached hydrogens (primary N) is 1. The summed E-state index contributed by atoms with van der Waals surface area (Å²) >= 11 is 0. The van der Waals surface area contributed by atoms with E-state index in [1.807, 2.05) is 26.0 Å². The summed E-state index contributed by atoms with van der Waals surface area (Å²) in [6.45, 7) is 4.47. The van der Waals surface area contributed by atoms with Crippen LogP contribution in [0, 0.1) is 5.92 Å². The van der Waals surface area contributed by atoms with Gasteiger partial charge in [-0.3, -0.25) is 9.78 Å². The fourth-order valence-corrected chi connectivity index (χ4v) is 1.30. The molecule has 1 amide bonds. The summed E-state index contributed by atoms with van der Waals surface area (Å²) in [6.07, 6.45) is 4.32. The van der Waals surface area contributed by atoms with Crippen molar-refractivity contribution in [3.8, 4) is 0 Å². The van der Waals surface area contributed by atoms with E-state index in [-0.39, 0.29) is 24.2 Å². The number of nitrogens with zero attached hydrogens (tertiary/aromatic N) is 1. The van der Waals surface area contributed by atoms with Gasteiger partial charge in [0.05, 0.1) is 6.04 Å². The van der Waals surface area contributed by atoms with Crippen LogP contribution in [0.4, 0.5) is 0 Å². The number of amides is 1. The molecule has 0 aliphatic carbocycles. The van der Waals surface area contributed by atoms with E-state index in [4.69, 9.17) is 5.73 Å². The monoisotopic (exact) mass is 257 g/mol. The van der Waals surface area contributed by atoms with Gasteiger partial charge in [0.15, 0.2) is 0 Å². The molecule has 0 unspecified atom stereocenters. The molecule has 1 aromatic heterocycles. The number of carbonyl (C=O) groups is 1. The Kier molecular flexibility index (Phi) is 7.50. The van der Waals surface area contributed by atoms with Gasteiger partial charge in [-0.15, -0.1) is 12.4 Å². The van der Waals surface area contributed by atoms with Crippen molar-refractivity contribution in [3.05, 3.63) is 30.1 Å². The highest BCUT2D eigenvalue weighted by molar-refractivity contribution is 5.85. The lowest BCUT2D eigenvalue weighted by Gasteiger charge is -2.15. The van der Waals surface area contributed by atoms with E-state index >= 15 is 0 Å². The van der Waals surface area contributed by atoms with E-state index in [0.717, 1.165) is 12.0 Å². The van der Waals surface area contributed by atoms with Gasteiger partial charge in [-0.25, -0.2) is 0 Å². The van der Waals surface area contributed by atoms with Crippen LogP contribution in [0.15, 0.2) is 24.5 Å². The van der Waals surface area contributed by atoms with Crippen molar-refractivity contribution >= 4 is 18.3 Å². The fourth-order valence-electron chi connectivity index (χ4n) is 1.30. The molecular formula is C12H20ClN3O. The molecule has 0 radical (unpaired) electrons. The number of hydrogen-bond acceptors (Lipinski definition) is 3. The van der Waals surface area contributed by atoms with E-state index in [2.05, 4.69) is 10.3 Å². The highest BCUT2D eigenvalue weighted by Gasteiger charge is 2.15. The zero-order chi connectivity index (χ0) is 12.0. The molecule has 3 N–H and O–H groups in total. The third-order valence-corrected chi connectivity index (χ3v) is 2.46. The van der Waals surface area contributed by atoms with E-state index < -0.39 is 6.04 Å². The highest BCUT2D eigenvalue weighted by Crippen LogP contribution is 1.99. The molecule has 0 saturated heterocycles. The SMILES string of the molecule is CC(C)[C@@H](N)C(=O)NCCc1cccnc1.Cl. The fraction of sp³-hybridized carbons (Fsp3) is 0.500. The van der Waals surface area contributed by atoms with Crippen LogP contribution in [0.3, 0.4) is 0 Å². The Balaban J connectivity index is 0.00000256. The average Bonchev–Trinajstić information content (AvgIpc) is 2.29. The first-order valence-corrected chi connectivity index (χ1v) is 5.53. The van der Waals surface area contributed by atoms with Crippen molar-refractivity contribution in [1.29, 1.82) is 0 Å². The molecule has 17 heavy (non-hydrogen) atoms. The van der Waals surface area contributed by atoms with Crippen LogP contribution in [-0.2, 0) is 11.2 Å². The first-order valence-electron chi connectivity index (χ1n) is 5.53. The maximum absolute atomic E-state index is 11.5. The standard InChI is InChI=1S/C12H19N3O.ClH/c1-9(2)11(13)12(16)15-7-5-10-4-3-6-14-8-10;/h3-4,6,8-9,11H,5,7,13H2,1-2H3,(H,15,16);1H/t11-;/m1./s1. The molecule has 1 rings (SSSR count). The van der Waals surface area contributed by atoms with Crippen molar-refractivity contribution in [2.45, 2.75) is 26.3 Å². The molecule has 0 spiro atoms. The van der Waals surface area contributed by atoms with Gasteiger partial charge in [-0.05, 0) is 24.0 Å². The van der Waals surface area contributed by atoms with E-state index in [1.54, 1.807) is 12.4 Å². The quantitative estimate of drug-likeness (QED) is 0.831. The normalized spacial score (nSPS) is 11.8. The second-order valence-corrected chi connectivity index (χ2v) is 4.17. The van der Waals surface area contributed by atoms with Crippen LogP contribution in [0.5, 0.6) is 0 Å². The Morgan fingerprint density at radius 1 is 1.53 bits per heavy atom. The molecular weight excluding hydrogens is 238 g/mol. The molecule has 5 heteroatoms. The minimum absolute atomic E-state index is 0. The molecule has 0 fully saturated rings. The summed E-state index contributed by atoms with van der Waals surface area (Å²) in [4.78, 5) is 15.5. The Morgan fingerprint density at radius 2 is 2.24 bits per heavy atom. The lowest BCUT2D eigenvalue weighted by Crippen LogP contribution is -2.44. The molecule has 4 nitrogen and oxygen atoms in total. The summed E-state index contributed by atoms with van der Waals surface area (Å²) in [6, 6.07) is 3.45. The van der Waals surface area contributed by atoms with Crippen LogP contribution in [0.1, 0.15) is 19.4 Å². The maximum atomic E-state index is 11.5. The smallest absolute Gasteiger partial charge is 0.237 e. The second-order valence-electron chi connectivity index (χ2n) is 4.17. The Labute approximate surface area is 108 Å². The summed E-state index contributed by atoms with van der Waals surface area (Å²) in [5, 5.41) is 2.82. The molecule has 96 valence electrons. The van der Waals surface area contributed by atoms with Gasteiger partial charge in [-0.1, -0.05) is 19.9 Å². The van der Waals surface area contributed by atoms with Crippen LogP contribution in [-0.4, -0.2) is 23.5 Å². The van der Waals surface area contributed by atoms with E-state index in [9.17, 15) is 4.79 Å². The Morgan fingerprint density at radius 3 is 2.76 bits per heavy atom. The largest absolute Gasteiger partial charge is 0.354 e. The van der Waals surface area contributed by atoms with Crippen molar-refractivity contribution < 1.29 is 4.79 Å². The first kappa shape index (κ1) is 15.9. The number of pyridine rings is 1. The van der Waals surface area contributed by atoms with Crippen LogP contribution >= 0.6 is 12.4 Å². The summed E-state index contributed by atoms with van der Waals surface area (Å²) < 4.78 is 0. The Bertz CT molecular complexity index is 330. The van der Waals surface area contributed by atoms with Gasteiger partial charge in [0, 0.05) is 18.9 Å². The lowest BCUT2D eigenvalue weighted by molar-refractivity contribution is -0.123. The van der Waals surface area contributed by atoms with Gasteiger partial charge in [-0.2, -0.15) is 0 Å². The molecule has 1 heterocycles. The average molecular weight is 258 g/mol. The van der Waals surface area contributed by atoms with Gasteiger partial charge < -0.3 is 11.1 Å². The number of hydrogen-bond donors (Lipinski definition) is 2. The van der Waals surface area contributed by atoms with Gasteiger partial charge in [0.25, 0.3) is 0 Å². The van der Waals surface area contributed by atoms with Gasteiger partial charge in [0.1, 0.15) is 0 Å². The number of nitrogens with one attached hydrogen (secondary N) is 1. The van der Waals surface area contributed by atoms with Crippen LogP contribution in [0.2, 0.25) is 0 Å². The number of rotatable bonds is 5. The molecule has 1 aromatic rings. The molecule has 0 bridgehead atoms. The summed E-state index contributed by atoms with van der Waals surface area (Å²) in [5.41, 5.74) is 6.83. The van der Waals surface area contributed by atoms with E-state index in [1.165, 1.54) is 0 Å². The molecule has 0 aliphatic heterocycles. The zero-order valence-electron chi connectivity index (χ0n) is 10.2. The lowest BCUT2D eigenvalue weighted by atomic mass is 10.1. The zero-order valence-corrected chi connectivity index (χ0v) is 11.0. The minimum Gasteiger partial charge on any atom is -0.354 e. The van der Waals surface area contributed by atoms with Crippen molar-refractivity contribution in [3.63, 3.8) is 0 Å². The molecule has 1 atom stereocenters. The maximum Gasteiger partial charge on any atom is 0.237 e. The topological polar surface area (TPSA) is 68.0 Å². The van der Waals surface area contributed by atoms with Gasteiger partial charge in [0.2, 0.25) is 5.91 Å². The van der Waals surface area contributed by atoms with Crippen molar-refractivity contribution in [1.82, 2.24) is 10.3 Å². The second kappa shape index (κ2) is 8.03. The minimum atomic E-state index is -0.422. The van der Waals surface area contributed by atoms with Crippen LogP contribution in [0.25, 0.3) is 0 Å². The highest BCUT2D eigenvalue weighted by atomic mass is 35.5.